The summed E-state index contributed by atoms with van der Waals surface area (Å²) < 4.78 is 36.6. The number of rotatable bonds is 8. The molecule has 0 spiro atoms. The van der Waals surface area contributed by atoms with Crippen LogP contribution in [-0.4, -0.2) is 65.8 Å². The molecule has 10 rings (SSSR count). The first-order chi connectivity index (χ1) is 32.6. The minimum atomic E-state index is -0.504. The first-order valence-electron chi connectivity index (χ1n) is 23.4. The van der Waals surface area contributed by atoms with Crippen molar-refractivity contribution >= 4 is 47.0 Å². The van der Waals surface area contributed by atoms with E-state index in [2.05, 4.69) is 88.4 Å². The minimum absolute atomic E-state index is 0.411. The lowest BCUT2D eigenvalue weighted by Gasteiger charge is -2.32. The van der Waals surface area contributed by atoms with Gasteiger partial charge in [-0.25, -0.2) is 15.0 Å². The molecule has 0 atom stereocenters. The second-order valence-corrected chi connectivity index (χ2v) is 18.8. The van der Waals surface area contributed by atoms with E-state index in [-0.39, 0.29) is 0 Å². The van der Waals surface area contributed by atoms with Crippen LogP contribution in [0.4, 0.5) is 0 Å². The van der Waals surface area contributed by atoms with Crippen molar-refractivity contribution < 1.29 is 28.1 Å². The Morgan fingerprint density at radius 1 is 0.397 bits per heavy atom. The van der Waals surface area contributed by atoms with Crippen LogP contribution in [0, 0.1) is 0 Å². The van der Waals surface area contributed by atoms with Crippen molar-refractivity contribution in [2.45, 2.75) is 91.6 Å². The van der Waals surface area contributed by atoms with Crippen molar-refractivity contribution in [1.29, 1.82) is 0 Å². The van der Waals surface area contributed by atoms with Crippen molar-refractivity contribution in [3.8, 4) is 56.5 Å². The number of aromatic nitrogens is 3. The molecular formula is C57H61B2N3O6. The van der Waals surface area contributed by atoms with Gasteiger partial charge in [0.1, 0.15) is 11.5 Å². The third-order valence-corrected chi connectivity index (χ3v) is 13.5. The Bertz CT molecular complexity index is 3020. The van der Waals surface area contributed by atoms with Gasteiger partial charge in [-0.2, -0.15) is 0 Å². The Hall–Kier alpha value is -6.36. The van der Waals surface area contributed by atoms with Gasteiger partial charge in [-0.1, -0.05) is 135 Å². The third kappa shape index (κ3) is 9.41. The molecule has 11 heteroatoms. The van der Waals surface area contributed by atoms with E-state index in [0.717, 1.165) is 83.5 Å². The number of nitrogens with zero attached hydrogens (tertiary/aromatic N) is 3. The molecule has 2 fully saturated rings. The molecule has 68 heavy (non-hydrogen) atoms. The van der Waals surface area contributed by atoms with E-state index >= 15 is 0 Å². The van der Waals surface area contributed by atoms with E-state index < -0.39 is 36.6 Å². The van der Waals surface area contributed by atoms with Crippen molar-refractivity contribution in [3.05, 3.63) is 152 Å². The summed E-state index contributed by atoms with van der Waals surface area (Å²) in [7, 11) is 2.36. The Morgan fingerprint density at radius 3 is 1.28 bits per heavy atom. The lowest BCUT2D eigenvalue weighted by molar-refractivity contribution is 0.00578. The highest BCUT2D eigenvalue weighted by Crippen LogP contribution is 2.40. The van der Waals surface area contributed by atoms with Crippen LogP contribution in [-0.2, 0) is 18.6 Å². The second kappa shape index (κ2) is 19.3. The number of methoxy groups -OCH3 is 2. The summed E-state index contributed by atoms with van der Waals surface area (Å²) in [5, 5.41) is 2.28. The van der Waals surface area contributed by atoms with Gasteiger partial charge in [-0.15, -0.1) is 0 Å². The Balaban J connectivity index is 0.000000177. The molecule has 346 valence electrons. The summed E-state index contributed by atoms with van der Waals surface area (Å²) >= 11 is 0. The van der Waals surface area contributed by atoms with E-state index in [1.165, 1.54) is 0 Å². The summed E-state index contributed by atoms with van der Waals surface area (Å²) in [6.45, 7) is 20.4. The summed E-state index contributed by atoms with van der Waals surface area (Å²) in [5.41, 5.74) is 9.29. The molecule has 8 aromatic rings. The number of pyridine rings is 1. The number of para-hydroxylation sites is 2. The highest BCUT2D eigenvalue weighted by atomic mass is 16.7. The Labute approximate surface area is 402 Å². The third-order valence-electron chi connectivity index (χ3n) is 13.5. The van der Waals surface area contributed by atoms with Gasteiger partial charge in [-0.3, -0.25) is 0 Å². The molecule has 0 N–H and O–H groups in total. The van der Waals surface area contributed by atoms with Gasteiger partial charge in [-0.05, 0) is 91.1 Å². The van der Waals surface area contributed by atoms with E-state index in [4.69, 9.17) is 43.0 Å². The first-order valence-corrected chi connectivity index (χ1v) is 23.4. The van der Waals surface area contributed by atoms with Gasteiger partial charge < -0.3 is 28.1 Å². The number of ether oxygens (including phenoxy) is 2. The SMILES string of the molecule is CC.COc1cc(-c2cc3ccccc3c(-c3ccccc3)n2)ccc1B1OC(C)(C)C(C)(C)O1.COc1cc(-c2nc3ccccc3nc2-c2ccccc2)ccc1B1OC(C)(C)C(C)(C)O1. The van der Waals surface area contributed by atoms with Gasteiger partial charge >= 0.3 is 14.2 Å². The van der Waals surface area contributed by atoms with Gasteiger partial charge in [0.2, 0.25) is 0 Å². The van der Waals surface area contributed by atoms with Crippen molar-refractivity contribution in [2.75, 3.05) is 14.2 Å². The maximum atomic E-state index is 6.26. The zero-order chi connectivity index (χ0) is 48.4. The van der Waals surface area contributed by atoms with Crippen molar-refractivity contribution in [3.63, 3.8) is 0 Å². The molecule has 0 bridgehead atoms. The predicted molar refractivity (Wildman–Crippen MR) is 279 cm³/mol. The van der Waals surface area contributed by atoms with Crippen LogP contribution in [0.25, 0.3) is 66.8 Å². The van der Waals surface area contributed by atoms with Gasteiger partial charge in [0.15, 0.2) is 0 Å². The molecule has 2 aliphatic rings. The average molecular weight is 906 g/mol. The number of benzene rings is 6. The number of fused-ring (bicyclic) bond motifs is 2. The van der Waals surface area contributed by atoms with Gasteiger partial charge in [0, 0.05) is 38.6 Å². The fourth-order valence-corrected chi connectivity index (χ4v) is 8.22. The summed E-state index contributed by atoms with van der Waals surface area (Å²) in [6, 6.07) is 51.0. The molecular weight excluding hydrogens is 844 g/mol. The molecule has 2 aliphatic heterocycles. The molecule has 0 aliphatic carbocycles. The van der Waals surface area contributed by atoms with Crippen LogP contribution in [0.1, 0.15) is 69.2 Å². The predicted octanol–water partition coefficient (Wildman–Crippen LogP) is 12.2. The molecule has 0 radical (unpaired) electrons. The molecule has 0 unspecified atom stereocenters. The molecule has 4 heterocycles. The lowest BCUT2D eigenvalue weighted by Crippen LogP contribution is -2.41. The van der Waals surface area contributed by atoms with Crippen LogP contribution in [0.3, 0.4) is 0 Å². The quantitative estimate of drug-likeness (QED) is 0.138. The maximum Gasteiger partial charge on any atom is 0.498 e. The van der Waals surface area contributed by atoms with E-state index in [9.17, 15) is 0 Å². The number of hydrogen-bond acceptors (Lipinski definition) is 9. The standard InChI is InChI=1S/C28H28BNO3.C27H27BN2O3.C2H6/c1-27(2)28(3,4)33-29(32-27)23-16-15-21(18-25(23)31-5)24-17-20-13-9-10-14-22(20)26(30-24)19-11-7-6-8-12-19;1-26(2)27(3,4)33-28(32-26)20-16-15-19(17-23(20)31-5)25-24(18-11-7-6-8-12-18)29-21-13-9-10-14-22(21)30-25;1-2/h6-18H,1-5H3;6-17H,1-5H3;1-2H3. The summed E-state index contributed by atoms with van der Waals surface area (Å²) in [6.07, 6.45) is 0. The van der Waals surface area contributed by atoms with Crippen LogP contribution in [0.15, 0.2) is 152 Å². The van der Waals surface area contributed by atoms with Crippen LogP contribution >= 0.6 is 0 Å². The Kier molecular flexibility index (Phi) is 13.7. The Morgan fingerprint density at radius 2 is 0.794 bits per heavy atom. The van der Waals surface area contributed by atoms with E-state index in [1.54, 1.807) is 14.2 Å². The number of hydrogen-bond donors (Lipinski definition) is 0. The van der Waals surface area contributed by atoms with Crippen molar-refractivity contribution in [1.82, 2.24) is 15.0 Å². The fraction of sp³-hybridized carbons (Fsp3) is 0.281. The average Bonchev–Trinajstić information content (AvgIpc) is 3.72. The minimum Gasteiger partial charge on any atom is -0.497 e. The highest BCUT2D eigenvalue weighted by Gasteiger charge is 2.53. The zero-order valence-corrected chi connectivity index (χ0v) is 41.4. The molecule has 2 saturated heterocycles. The monoisotopic (exact) mass is 905 g/mol. The van der Waals surface area contributed by atoms with E-state index in [0.29, 0.717) is 5.75 Å². The fourth-order valence-electron chi connectivity index (χ4n) is 8.22. The normalized spacial score (nSPS) is 16.4. The van der Waals surface area contributed by atoms with Gasteiger partial charge in [0.05, 0.1) is 70.4 Å². The molecule has 2 aromatic heterocycles. The smallest absolute Gasteiger partial charge is 0.497 e. The summed E-state index contributed by atoms with van der Waals surface area (Å²) in [5.74, 6) is 1.42. The molecule has 6 aromatic carbocycles. The van der Waals surface area contributed by atoms with Crippen molar-refractivity contribution in [2.24, 2.45) is 0 Å². The van der Waals surface area contributed by atoms with Crippen LogP contribution < -0.4 is 20.4 Å². The molecule has 0 saturated carbocycles. The zero-order valence-electron chi connectivity index (χ0n) is 41.4. The first kappa shape index (κ1) is 48.1. The summed E-state index contributed by atoms with van der Waals surface area (Å²) in [4.78, 5) is 15.0. The molecule has 9 nitrogen and oxygen atoms in total. The van der Waals surface area contributed by atoms with Crippen LogP contribution in [0.2, 0.25) is 0 Å². The molecule has 0 amide bonds. The lowest BCUT2D eigenvalue weighted by atomic mass is 9.77. The van der Waals surface area contributed by atoms with Crippen LogP contribution in [0.5, 0.6) is 11.5 Å². The van der Waals surface area contributed by atoms with E-state index in [1.807, 2.05) is 133 Å². The largest absolute Gasteiger partial charge is 0.498 e. The second-order valence-electron chi connectivity index (χ2n) is 18.8. The highest BCUT2D eigenvalue weighted by molar-refractivity contribution is 6.63. The van der Waals surface area contributed by atoms with Gasteiger partial charge in [0.25, 0.3) is 0 Å². The maximum absolute atomic E-state index is 6.26. The topological polar surface area (TPSA) is 94.1 Å².